The second-order valence-electron chi connectivity index (χ2n) is 3.81. The van der Waals surface area contributed by atoms with Crippen LogP contribution in [0.15, 0.2) is 24.5 Å². The van der Waals surface area contributed by atoms with Gasteiger partial charge in [-0.1, -0.05) is 6.07 Å². The lowest BCUT2D eigenvalue weighted by molar-refractivity contribution is 0.137. The second-order valence-corrected chi connectivity index (χ2v) is 3.81. The van der Waals surface area contributed by atoms with E-state index in [1.54, 1.807) is 12.4 Å². The fraction of sp³-hybridized carbons (Fsp3) is 0.444. The van der Waals surface area contributed by atoms with E-state index >= 15 is 0 Å². The molecule has 0 atom stereocenters. The van der Waals surface area contributed by atoms with Crippen molar-refractivity contribution in [1.29, 1.82) is 0 Å². The zero-order chi connectivity index (χ0) is 9.31. The Morgan fingerprint density at radius 2 is 2.38 bits per heavy atom. The zero-order valence-corrected chi connectivity index (χ0v) is 7.86. The maximum atomic E-state index is 5.67. The molecule has 13 heavy (non-hydrogen) atoms. The Kier molecular flexibility index (Phi) is 2.10. The van der Waals surface area contributed by atoms with Crippen molar-refractivity contribution >= 4 is 12.6 Å². The van der Waals surface area contributed by atoms with Gasteiger partial charge in [0, 0.05) is 17.9 Å². The van der Waals surface area contributed by atoms with E-state index in [0.717, 1.165) is 5.46 Å². The molecule has 2 heterocycles. The summed E-state index contributed by atoms with van der Waals surface area (Å²) < 4.78 is 11.2. The molecule has 2 rings (SSSR count). The number of hydrogen-bond acceptors (Lipinski definition) is 3. The fourth-order valence-corrected chi connectivity index (χ4v) is 1.31. The van der Waals surface area contributed by atoms with E-state index in [4.69, 9.17) is 9.31 Å². The molecule has 0 aliphatic carbocycles. The molecular formula is C9H12BNO2. The first-order valence-corrected chi connectivity index (χ1v) is 4.37. The first kappa shape index (κ1) is 8.72. The number of aromatic nitrogens is 1. The van der Waals surface area contributed by atoms with E-state index in [2.05, 4.69) is 4.98 Å². The van der Waals surface area contributed by atoms with Crippen LogP contribution >= 0.6 is 0 Å². The summed E-state index contributed by atoms with van der Waals surface area (Å²) in [6, 6.07) is 3.84. The van der Waals surface area contributed by atoms with Crippen LogP contribution in [0.5, 0.6) is 0 Å². The van der Waals surface area contributed by atoms with E-state index in [9.17, 15) is 0 Å². The van der Waals surface area contributed by atoms with Crippen molar-refractivity contribution in [3.05, 3.63) is 24.5 Å². The summed E-state index contributed by atoms with van der Waals surface area (Å²) in [5.41, 5.74) is 0.800. The van der Waals surface area contributed by atoms with E-state index < -0.39 is 0 Å². The first-order chi connectivity index (χ1) is 6.17. The van der Waals surface area contributed by atoms with Gasteiger partial charge in [0.1, 0.15) is 0 Å². The largest absolute Gasteiger partial charge is 0.496 e. The summed E-state index contributed by atoms with van der Waals surface area (Å²) in [7, 11) is -0.247. The molecule has 1 aromatic rings. The molecule has 0 spiro atoms. The van der Waals surface area contributed by atoms with Crippen LogP contribution in [-0.4, -0.2) is 24.3 Å². The molecule has 1 saturated heterocycles. The molecule has 0 saturated carbocycles. The van der Waals surface area contributed by atoms with Gasteiger partial charge in [-0.2, -0.15) is 0 Å². The van der Waals surface area contributed by atoms with Gasteiger partial charge in [-0.15, -0.1) is 0 Å². The minimum Gasteiger partial charge on any atom is -0.404 e. The third-order valence-electron chi connectivity index (χ3n) is 1.96. The van der Waals surface area contributed by atoms with Crippen LogP contribution in [0.3, 0.4) is 0 Å². The van der Waals surface area contributed by atoms with Crippen molar-refractivity contribution in [2.75, 3.05) is 6.61 Å². The van der Waals surface area contributed by atoms with Gasteiger partial charge in [-0.3, -0.25) is 4.98 Å². The molecule has 0 unspecified atom stereocenters. The lowest BCUT2D eigenvalue weighted by Gasteiger charge is -2.15. The summed E-state index contributed by atoms with van der Waals surface area (Å²) in [4.78, 5) is 4.02. The predicted octanol–water partition coefficient (Wildman–Crippen LogP) is 0.602. The SMILES string of the molecule is CC1(C)COB(c2cccnc2)O1. The van der Waals surface area contributed by atoms with Crippen molar-refractivity contribution < 1.29 is 9.31 Å². The van der Waals surface area contributed by atoms with Gasteiger partial charge in [0.2, 0.25) is 0 Å². The quantitative estimate of drug-likeness (QED) is 0.588. The molecule has 68 valence electrons. The molecule has 3 nitrogen and oxygen atoms in total. The molecule has 0 N–H and O–H groups in total. The van der Waals surface area contributed by atoms with Crippen LogP contribution in [0.2, 0.25) is 0 Å². The highest BCUT2D eigenvalue weighted by molar-refractivity contribution is 6.61. The Bertz CT molecular complexity index is 289. The molecule has 1 aliphatic heterocycles. The van der Waals surface area contributed by atoms with Gasteiger partial charge in [0.05, 0.1) is 12.2 Å². The Labute approximate surface area is 78.2 Å². The fourth-order valence-electron chi connectivity index (χ4n) is 1.31. The average molecular weight is 177 g/mol. The van der Waals surface area contributed by atoms with Gasteiger partial charge in [0.15, 0.2) is 0 Å². The lowest BCUT2D eigenvalue weighted by atomic mass is 9.80. The molecule has 0 aromatic carbocycles. The lowest BCUT2D eigenvalue weighted by Crippen LogP contribution is -2.34. The van der Waals surface area contributed by atoms with Gasteiger partial charge < -0.3 is 9.31 Å². The molecular weight excluding hydrogens is 165 g/mol. The van der Waals surface area contributed by atoms with Crippen molar-refractivity contribution in [2.45, 2.75) is 19.4 Å². The normalized spacial score (nSPS) is 20.6. The minimum absolute atomic E-state index is 0.180. The monoisotopic (exact) mass is 177 g/mol. The molecule has 1 aromatic heterocycles. The summed E-state index contributed by atoms with van der Waals surface area (Å²) in [5, 5.41) is 0. The second kappa shape index (κ2) is 3.12. The Balaban J connectivity index is 2.13. The maximum absolute atomic E-state index is 5.67. The summed E-state index contributed by atoms with van der Waals surface area (Å²) in [6.07, 6.45) is 3.51. The van der Waals surface area contributed by atoms with E-state index in [0.29, 0.717) is 6.61 Å². The third-order valence-corrected chi connectivity index (χ3v) is 1.96. The summed E-state index contributed by atoms with van der Waals surface area (Å²) in [6.45, 7) is 4.67. The third kappa shape index (κ3) is 1.90. The van der Waals surface area contributed by atoms with Gasteiger partial charge in [-0.25, -0.2) is 0 Å². The van der Waals surface area contributed by atoms with Crippen LogP contribution in [0, 0.1) is 0 Å². The molecule has 1 aliphatic rings. The molecule has 0 bridgehead atoms. The summed E-state index contributed by atoms with van der Waals surface area (Å²) in [5.74, 6) is 0. The highest BCUT2D eigenvalue weighted by atomic mass is 16.7. The van der Waals surface area contributed by atoms with Crippen LogP contribution < -0.4 is 5.46 Å². The van der Waals surface area contributed by atoms with Crippen LogP contribution in [0.1, 0.15) is 13.8 Å². The van der Waals surface area contributed by atoms with Gasteiger partial charge in [-0.05, 0) is 19.9 Å². The number of rotatable bonds is 1. The van der Waals surface area contributed by atoms with Crippen molar-refractivity contribution in [2.24, 2.45) is 0 Å². The smallest absolute Gasteiger partial charge is 0.404 e. The highest BCUT2D eigenvalue weighted by Gasteiger charge is 2.38. The maximum Gasteiger partial charge on any atom is 0.496 e. The number of pyridine rings is 1. The molecule has 1 fully saturated rings. The molecule has 0 radical (unpaired) electrons. The standard InChI is InChI=1S/C9H12BNO2/c1-9(2)7-12-10(13-9)8-4-3-5-11-6-8/h3-6H,7H2,1-2H3. The molecule has 0 amide bonds. The highest BCUT2D eigenvalue weighted by Crippen LogP contribution is 2.18. The van der Waals surface area contributed by atoms with Crippen LogP contribution in [-0.2, 0) is 9.31 Å². The van der Waals surface area contributed by atoms with Crippen LogP contribution in [0.25, 0.3) is 0 Å². The Morgan fingerprint density at radius 3 is 2.92 bits per heavy atom. The van der Waals surface area contributed by atoms with Crippen molar-refractivity contribution in [1.82, 2.24) is 4.98 Å². The Morgan fingerprint density at radius 1 is 1.54 bits per heavy atom. The summed E-state index contributed by atoms with van der Waals surface area (Å²) >= 11 is 0. The number of hydrogen-bond donors (Lipinski definition) is 0. The average Bonchev–Trinajstić information content (AvgIpc) is 2.48. The molecule has 4 heteroatoms. The van der Waals surface area contributed by atoms with Crippen molar-refractivity contribution in [3.63, 3.8) is 0 Å². The van der Waals surface area contributed by atoms with E-state index in [-0.39, 0.29) is 12.7 Å². The van der Waals surface area contributed by atoms with Crippen LogP contribution in [0.4, 0.5) is 0 Å². The van der Waals surface area contributed by atoms with Gasteiger partial charge in [0.25, 0.3) is 0 Å². The van der Waals surface area contributed by atoms with Crippen molar-refractivity contribution in [3.8, 4) is 0 Å². The zero-order valence-electron chi connectivity index (χ0n) is 7.86. The van der Waals surface area contributed by atoms with Gasteiger partial charge >= 0.3 is 7.12 Å². The van der Waals surface area contributed by atoms with E-state index in [1.165, 1.54) is 0 Å². The first-order valence-electron chi connectivity index (χ1n) is 4.37. The predicted molar refractivity (Wildman–Crippen MR) is 50.7 cm³/mol. The van der Waals surface area contributed by atoms with E-state index in [1.807, 2.05) is 26.0 Å². The minimum atomic E-state index is -0.247. The number of nitrogens with zero attached hydrogens (tertiary/aromatic N) is 1. The Hall–Kier alpha value is -0.865. The topological polar surface area (TPSA) is 31.4 Å².